The molecule has 6 heteroatoms. The largest absolute Gasteiger partial charge is 0.390 e. The van der Waals surface area contributed by atoms with Gasteiger partial charge in [-0.15, -0.1) is 0 Å². The Balaban J connectivity index is 1.68. The van der Waals surface area contributed by atoms with E-state index in [0.29, 0.717) is 51.4 Å². The minimum Gasteiger partial charge on any atom is -0.390 e. The summed E-state index contributed by atoms with van der Waals surface area (Å²) in [5.74, 6) is 0.507. The molecule has 6 nitrogen and oxygen atoms in total. The third-order valence-corrected chi connectivity index (χ3v) is 11.0. The predicted molar refractivity (Wildman–Crippen MR) is 139 cm³/mol. The van der Waals surface area contributed by atoms with E-state index in [1.54, 1.807) is 0 Å². The van der Waals surface area contributed by atoms with Crippen LogP contribution in [0.3, 0.4) is 0 Å². The van der Waals surface area contributed by atoms with Gasteiger partial charge in [0.2, 0.25) is 0 Å². The summed E-state index contributed by atoms with van der Waals surface area (Å²) in [6, 6.07) is 0. The van der Waals surface area contributed by atoms with Gasteiger partial charge in [0.1, 0.15) is 11.6 Å². The molecule has 0 bridgehead atoms. The van der Waals surface area contributed by atoms with Crippen molar-refractivity contribution in [3.05, 3.63) is 0 Å². The standard InChI is InChI=1S/C30H50O6/c1-26(2)21(32)12-15-28(5)18-19(31)8-9-20-29(6,23(34)10-11-24(28)35-26)17-14-25-30(20,7)16-13-22(33)27(3,4)36-25/h20-22,24-25,32-33H,8-18H2,1-7H3. The number of fused-ring (bicyclic) bond motifs is 4. The molecule has 2 aliphatic heterocycles. The highest BCUT2D eigenvalue weighted by Gasteiger charge is 2.59. The van der Waals surface area contributed by atoms with Crippen molar-refractivity contribution in [2.24, 2.45) is 22.2 Å². The minimum atomic E-state index is -0.710. The number of aliphatic hydroxyl groups excluding tert-OH is 2. The number of carbonyl (C=O) groups is 2. The molecule has 0 spiro atoms. The van der Waals surface area contributed by atoms with Gasteiger partial charge in [0.15, 0.2) is 0 Å². The van der Waals surface area contributed by atoms with Crippen LogP contribution in [0.25, 0.3) is 0 Å². The smallest absolute Gasteiger partial charge is 0.139 e. The summed E-state index contributed by atoms with van der Waals surface area (Å²) < 4.78 is 13.1. The van der Waals surface area contributed by atoms with E-state index in [4.69, 9.17) is 9.47 Å². The lowest BCUT2D eigenvalue weighted by Crippen LogP contribution is -2.55. The summed E-state index contributed by atoms with van der Waals surface area (Å²) in [7, 11) is 0. The average Bonchev–Trinajstić information content (AvgIpc) is 2.93. The molecule has 4 aliphatic rings. The second-order valence-corrected chi connectivity index (χ2v) is 14.4. The lowest BCUT2D eigenvalue weighted by atomic mass is 9.50. The van der Waals surface area contributed by atoms with Crippen LogP contribution in [0.15, 0.2) is 0 Å². The first-order valence-electron chi connectivity index (χ1n) is 14.3. The normalized spacial score (nSPS) is 47.9. The number of carbonyl (C=O) groups excluding carboxylic acids is 2. The van der Waals surface area contributed by atoms with Gasteiger partial charge >= 0.3 is 0 Å². The molecule has 36 heavy (non-hydrogen) atoms. The SMILES string of the molecule is CC12CCC(O)C(C)(C)OC1CCC(=O)C1(C)CCC3OC(C)(C)C(O)CCC3(C)C1CCC(=O)C2. The van der Waals surface area contributed by atoms with Crippen LogP contribution < -0.4 is 0 Å². The highest BCUT2D eigenvalue weighted by atomic mass is 16.5. The molecule has 0 aromatic rings. The molecule has 8 unspecified atom stereocenters. The Morgan fingerprint density at radius 1 is 0.694 bits per heavy atom. The molecule has 0 amide bonds. The Morgan fingerprint density at radius 3 is 1.92 bits per heavy atom. The van der Waals surface area contributed by atoms with Crippen molar-refractivity contribution in [2.75, 3.05) is 0 Å². The first kappa shape index (κ1) is 28.2. The van der Waals surface area contributed by atoms with Crippen molar-refractivity contribution in [2.45, 2.75) is 155 Å². The molecular weight excluding hydrogens is 456 g/mol. The molecule has 2 saturated heterocycles. The molecule has 2 saturated carbocycles. The van der Waals surface area contributed by atoms with Crippen LogP contribution in [-0.2, 0) is 19.1 Å². The number of ketones is 2. The number of rotatable bonds is 0. The maximum Gasteiger partial charge on any atom is 0.139 e. The molecular formula is C30H50O6. The van der Waals surface area contributed by atoms with Crippen molar-refractivity contribution in [1.29, 1.82) is 0 Å². The van der Waals surface area contributed by atoms with E-state index in [-0.39, 0.29) is 35.1 Å². The molecule has 0 aromatic heterocycles. The van der Waals surface area contributed by atoms with Crippen LogP contribution in [0.4, 0.5) is 0 Å². The first-order valence-corrected chi connectivity index (χ1v) is 14.3. The molecule has 4 fully saturated rings. The molecule has 206 valence electrons. The summed E-state index contributed by atoms with van der Waals surface area (Å²) in [6.45, 7) is 14.2. The van der Waals surface area contributed by atoms with Crippen molar-refractivity contribution < 1.29 is 29.3 Å². The van der Waals surface area contributed by atoms with Crippen LogP contribution in [0.2, 0.25) is 0 Å². The number of Topliss-reactive ketones (excluding diaryl/α,β-unsaturated/α-hetero) is 2. The zero-order valence-electron chi connectivity index (χ0n) is 23.7. The lowest BCUT2D eigenvalue weighted by Gasteiger charge is -2.55. The van der Waals surface area contributed by atoms with E-state index in [0.717, 1.165) is 19.3 Å². The number of ether oxygens (including phenoxy) is 2. The maximum atomic E-state index is 14.1. The van der Waals surface area contributed by atoms with E-state index in [1.165, 1.54) is 0 Å². The third-order valence-electron chi connectivity index (χ3n) is 11.0. The highest BCUT2D eigenvalue weighted by Crippen LogP contribution is 2.59. The fourth-order valence-corrected chi connectivity index (χ4v) is 8.20. The van der Waals surface area contributed by atoms with Gasteiger partial charge in [-0.3, -0.25) is 9.59 Å². The van der Waals surface area contributed by atoms with Gasteiger partial charge in [0.25, 0.3) is 0 Å². The summed E-state index contributed by atoms with van der Waals surface area (Å²) >= 11 is 0. The molecule has 4 rings (SSSR count). The average molecular weight is 507 g/mol. The van der Waals surface area contributed by atoms with E-state index < -0.39 is 34.2 Å². The van der Waals surface area contributed by atoms with Gasteiger partial charge in [-0.1, -0.05) is 20.8 Å². The Bertz CT molecular complexity index is 866. The zero-order valence-corrected chi connectivity index (χ0v) is 23.7. The van der Waals surface area contributed by atoms with Crippen LogP contribution in [0.1, 0.15) is 119 Å². The quantitative estimate of drug-likeness (QED) is 0.472. The summed E-state index contributed by atoms with van der Waals surface area (Å²) in [4.78, 5) is 27.6. The first-order chi connectivity index (χ1) is 16.5. The van der Waals surface area contributed by atoms with E-state index in [2.05, 4.69) is 20.8 Å². The Morgan fingerprint density at radius 2 is 1.28 bits per heavy atom. The fourth-order valence-electron chi connectivity index (χ4n) is 8.20. The summed E-state index contributed by atoms with van der Waals surface area (Å²) in [5, 5.41) is 21.5. The van der Waals surface area contributed by atoms with Gasteiger partial charge in [-0.2, -0.15) is 0 Å². The van der Waals surface area contributed by atoms with Gasteiger partial charge in [0, 0.05) is 30.1 Å². The minimum absolute atomic E-state index is 0.0243. The second-order valence-electron chi connectivity index (χ2n) is 14.4. The number of hydrogen-bond donors (Lipinski definition) is 2. The maximum absolute atomic E-state index is 14.1. The topological polar surface area (TPSA) is 93.1 Å². The summed E-state index contributed by atoms with van der Waals surface area (Å²) in [5.41, 5.74) is -2.54. The summed E-state index contributed by atoms with van der Waals surface area (Å²) in [6.07, 6.45) is 5.36. The monoisotopic (exact) mass is 506 g/mol. The molecule has 2 N–H and O–H groups in total. The second kappa shape index (κ2) is 9.43. The highest BCUT2D eigenvalue weighted by molar-refractivity contribution is 5.85. The van der Waals surface area contributed by atoms with Gasteiger partial charge < -0.3 is 19.7 Å². The lowest BCUT2D eigenvalue weighted by molar-refractivity contribution is -0.192. The van der Waals surface area contributed by atoms with E-state index in [9.17, 15) is 19.8 Å². The van der Waals surface area contributed by atoms with Crippen LogP contribution in [0.5, 0.6) is 0 Å². The van der Waals surface area contributed by atoms with Gasteiger partial charge in [-0.05, 0) is 90.4 Å². The molecule has 8 atom stereocenters. The predicted octanol–water partition coefficient (Wildman–Crippen LogP) is 5.15. The van der Waals surface area contributed by atoms with Crippen molar-refractivity contribution >= 4 is 11.6 Å². The van der Waals surface area contributed by atoms with Gasteiger partial charge in [0.05, 0.1) is 35.6 Å². The van der Waals surface area contributed by atoms with Crippen LogP contribution in [0, 0.1) is 22.2 Å². The molecule has 0 aromatic carbocycles. The van der Waals surface area contributed by atoms with Crippen molar-refractivity contribution in [3.63, 3.8) is 0 Å². The van der Waals surface area contributed by atoms with Crippen molar-refractivity contribution in [1.82, 2.24) is 0 Å². The van der Waals surface area contributed by atoms with Crippen LogP contribution >= 0.6 is 0 Å². The van der Waals surface area contributed by atoms with E-state index in [1.807, 2.05) is 27.7 Å². The van der Waals surface area contributed by atoms with Crippen LogP contribution in [-0.4, -0.2) is 57.4 Å². The van der Waals surface area contributed by atoms with Gasteiger partial charge in [-0.25, -0.2) is 0 Å². The molecule has 2 aliphatic carbocycles. The molecule has 0 radical (unpaired) electrons. The zero-order chi connectivity index (χ0) is 26.7. The Hall–Kier alpha value is -0.820. The van der Waals surface area contributed by atoms with E-state index >= 15 is 0 Å². The number of hydrogen-bond acceptors (Lipinski definition) is 6. The Labute approximate surface area is 217 Å². The fraction of sp³-hybridized carbons (Fsp3) is 0.933. The molecule has 2 heterocycles. The van der Waals surface area contributed by atoms with Crippen molar-refractivity contribution in [3.8, 4) is 0 Å². The Kier molecular flexibility index (Phi) is 7.38. The number of aliphatic hydroxyl groups is 2. The third kappa shape index (κ3) is 4.85.